The normalized spacial score (nSPS) is 23.7. The minimum absolute atomic E-state index is 0.0851. The van der Waals surface area contributed by atoms with E-state index in [0.29, 0.717) is 0 Å². The molecule has 1 aliphatic rings. The molecule has 1 aliphatic carbocycles. The van der Waals surface area contributed by atoms with E-state index in [4.69, 9.17) is 0 Å². The first-order chi connectivity index (χ1) is 8.59. The number of hydrogen-bond donors (Lipinski definition) is 1. The van der Waals surface area contributed by atoms with E-state index >= 15 is 0 Å². The molecule has 0 saturated heterocycles. The summed E-state index contributed by atoms with van der Waals surface area (Å²) in [5, 5.41) is 10.0. The van der Waals surface area contributed by atoms with Crippen LogP contribution in [0, 0.1) is 0 Å². The van der Waals surface area contributed by atoms with Crippen LogP contribution < -0.4 is 4.90 Å². The van der Waals surface area contributed by atoms with E-state index in [1.807, 2.05) is 31.3 Å². The summed E-state index contributed by atoms with van der Waals surface area (Å²) < 4.78 is 0. The fourth-order valence-corrected chi connectivity index (χ4v) is 2.67. The fourth-order valence-electron chi connectivity index (χ4n) is 2.67. The maximum Gasteiger partial charge on any atom is 0.159 e. The minimum atomic E-state index is -0.240. The molecular formula is C15H21NO2. The molecule has 18 heavy (non-hydrogen) atoms. The van der Waals surface area contributed by atoms with Gasteiger partial charge in [0.1, 0.15) is 0 Å². The van der Waals surface area contributed by atoms with Gasteiger partial charge in [-0.25, -0.2) is 0 Å². The summed E-state index contributed by atoms with van der Waals surface area (Å²) >= 11 is 0. The number of likely N-dealkylation sites (N-methyl/N-ethyl adjacent to an activating group) is 1. The first-order valence-electron chi connectivity index (χ1n) is 6.61. The molecule has 1 aromatic rings. The molecule has 1 saturated carbocycles. The summed E-state index contributed by atoms with van der Waals surface area (Å²) in [6.07, 6.45) is 3.98. The van der Waals surface area contributed by atoms with Gasteiger partial charge in [0.25, 0.3) is 0 Å². The number of rotatable bonds is 3. The predicted octanol–water partition coefficient (Wildman–Crippen LogP) is 2.63. The van der Waals surface area contributed by atoms with Gasteiger partial charge in [0, 0.05) is 18.3 Å². The molecule has 0 bridgehead atoms. The summed E-state index contributed by atoms with van der Waals surface area (Å²) in [7, 11) is 2.02. The van der Waals surface area contributed by atoms with Gasteiger partial charge in [0.05, 0.1) is 12.1 Å². The number of benzene rings is 1. The average molecular weight is 247 g/mol. The lowest BCUT2D eigenvalue weighted by atomic mass is 9.91. The number of aliphatic hydroxyl groups excluding tert-OH is 1. The summed E-state index contributed by atoms with van der Waals surface area (Å²) in [5.74, 6) is 0.0851. The third-order valence-electron chi connectivity index (χ3n) is 3.87. The van der Waals surface area contributed by atoms with Crippen LogP contribution >= 0.6 is 0 Å². The largest absolute Gasteiger partial charge is 0.391 e. The van der Waals surface area contributed by atoms with Gasteiger partial charge in [-0.15, -0.1) is 0 Å². The van der Waals surface area contributed by atoms with E-state index in [9.17, 15) is 9.90 Å². The monoisotopic (exact) mass is 247 g/mol. The Kier molecular flexibility index (Phi) is 4.02. The van der Waals surface area contributed by atoms with Gasteiger partial charge in [-0.3, -0.25) is 4.79 Å². The Bertz CT molecular complexity index is 413. The third-order valence-corrected chi connectivity index (χ3v) is 3.87. The van der Waals surface area contributed by atoms with Gasteiger partial charge < -0.3 is 10.0 Å². The SMILES string of the molecule is CC(=O)c1ccc(N(C)C2CCCCC2O)cc1. The molecule has 2 rings (SSSR count). The zero-order valence-corrected chi connectivity index (χ0v) is 11.1. The highest BCUT2D eigenvalue weighted by molar-refractivity contribution is 5.94. The number of Topliss-reactive ketones (excluding diaryl/α,β-unsaturated/α-hetero) is 1. The van der Waals surface area contributed by atoms with Crippen LogP contribution in [0.1, 0.15) is 43.0 Å². The van der Waals surface area contributed by atoms with Crippen LogP contribution in [0.15, 0.2) is 24.3 Å². The maximum atomic E-state index is 11.2. The van der Waals surface area contributed by atoms with Crippen molar-refractivity contribution in [2.45, 2.75) is 44.8 Å². The number of ketones is 1. The summed E-state index contributed by atoms with van der Waals surface area (Å²) in [4.78, 5) is 13.4. The summed E-state index contributed by atoms with van der Waals surface area (Å²) in [6, 6.07) is 7.81. The number of anilines is 1. The minimum Gasteiger partial charge on any atom is -0.391 e. The molecule has 98 valence electrons. The highest BCUT2D eigenvalue weighted by Crippen LogP contribution is 2.26. The molecule has 0 spiro atoms. The van der Waals surface area contributed by atoms with Crippen molar-refractivity contribution >= 4 is 11.5 Å². The van der Waals surface area contributed by atoms with E-state index < -0.39 is 0 Å². The molecule has 0 amide bonds. The number of carbonyl (C=O) groups excluding carboxylic acids is 1. The second-order valence-electron chi connectivity index (χ2n) is 5.13. The molecule has 3 heteroatoms. The van der Waals surface area contributed by atoms with Gasteiger partial charge in [-0.2, -0.15) is 0 Å². The molecule has 0 aromatic heterocycles. The van der Waals surface area contributed by atoms with Gasteiger partial charge in [-0.05, 0) is 44.0 Å². The highest BCUT2D eigenvalue weighted by Gasteiger charge is 2.26. The van der Waals surface area contributed by atoms with Crippen molar-refractivity contribution in [3.8, 4) is 0 Å². The molecule has 0 heterocycles. The Hall–Kier alpha value is -1.35. The molecule has 2 atom stereocenters. The van der Waals surface area contributed by atoms with E-state index in [1.54, 1.807) is 6.92 Å². The van der Waals surface area contributed by atoms with Gasteiger partial charge >= 0.3 is 0 Å². The van der Waals surface area contributed by atoms with E-state index in [1.165, 1.54) is 6.42 Å². The lowest BCUT2D eigenvalue weighted by Gasteiger charge is -2.36. The predicted molar refractivity (Wildman–Crippen MR) is 73.1 cm³/mol. The summed E-state index contributed by atoms with van der Waals surface area (Å²) in [5.41, 5.74) is 1.79. The Morgan fingerprint density at radius 3 is 2.39 bits per heavy atom. The van der Waals surface area contributed by atoms with Crippen molar-refractivity contribution in [1.82, 2.24) is 0 Å². The zero-order valence-electron chi connectivity index (χ0n) is 11.1. The Morgan fingerprint density at radius 1 is 1.22 bits per heavy atom. The van der Waals surface area contributed by atoms with Crippen LogP contribution in [-0.2, 0) is 0 Å². The Balaban J connectivity index is 2.12. The lowest BCUT2D eigenvalue weighted by molar-refractivity contribution is 0.101. The number of carbonyl (C=O) groups is 1. The van der Waals surface area contributed by atoms with E-state index in [0.717, 1.165) is 30.5 Å². The molecule has 0 aliphatic heterocycles. The van der Waals surface area contributed by atoms with Crippen LogP contribution in [0.3, 0.4) is 0 Å². The first-order valence-corrected chi connectivity index (χ1v) is 6.61. The highest BCUT2D eigenvalue weighted by atomic mass is 16.3. The van der Waals surface area contributed by atoms with E-state index in [-0.39, 0.29) is 17.9 Å². The number of hydrogen-bond acceptors (Lipinski definition) is 3. The van der Waals surface area contributed by atoms with E-state index in [2.05, 4.69) is 4.90 Å². The van der Waals surface area contributed by atoms with Crippen LogP contribution in [-0.4, -0.2) is 30.1 Å². The van der Waals surface area contributed by atoms with Crippen molar-refractivity contribution in [3.05, 3.63) is 29.8 Å². The van der Waals surface area contributed by atoms with Crippen molar-refractivity contribution < 1.29 is 9.90 Å². The quantitative estimate of drug-likeness (QED) is 0.835. The fraction of sp³-hybridized carbons (Fsp3) is 0.533. The third kappa shape index (κ3) is 2.72. The Morgan fingerprint density at radius 2 is 1.83 bits per heavy atom. The second-order valence-corrected chi connectivity index (χ2v) is 5.13. The van der Waals surface area contributed by atoms with Gasteiger partial charge in [-0.1, -0.05) is 12.8 Å². The molecule has 2 unspecified atom stereocenters. The smallest absolute Gasteiger partial charge is 0.159 e. The molecule has 0 radical (unpaired) electrons. The molecular weight excluding hydrogens is 226 g/mol. The topological polar surface area (TPSA) is 40.5 Å². The second kappa shape index (κ2) is 5.53. The average Bonchev–Trinajstić information content (AvgIpc) is 2.38. The van der Waals surface area contributed by atoms with Crippen molar-refractivity contribution in [2.24, 2.45) is 0 Å². The van der Waals surface area contributed by atoms with Crippen molar-refractivity contribution in [1.29, 1.82) is 0 Å². The molecule has 3 nitrogen and oxygen atoms in total. The standard InChI is InChI=1S/C15H21NO2/c1-11(17)12-7-9-13(10-8-12)16(2)14-5-3-4-6-15(14)18/h7-10,14-15,18H,3-6H2,1-2H3. The number of nitrogens with zero attached hydrogens (tertiary/aromatic N) is 1. The Labute approximate surface area is 108 Å². The van der Waals surface area contributed by atoms with Crippen LogP contribution in [0.4, 0.5) is 5.69 Å². The lowest BCUT2D eigenvalue weighted by Crippen LogP contribution is -2.43. The zero-order chi connectivity index (χ0) is 13.1. The van der Waals surface area contributed by atoms with Crippen molar-refractivity contribution in [2.75, 3.05) is 11.9 Å². The molecule has 1 N–H and O–H groups in total. The van der Waals surface area contributed by atoms with Crippen LogP contribution in [0.2, 0.25) is 0 Å². The molecule has 1 fully saturated rings. The van der Waals surface area contributed by atoms with Crippen LogP contribution in [0.25, 0.3) is 0 Å². The number of aliphatic hydroxyl groups is 1. The van der Waals surface area contributed by atoms with Crippen LogP contribution in [0.5, 0.6) is 0 Å². The molecule has 1 aromatic carbocycles. The van der Waals surface area contributed by atoms with Gasteiger partial charge in [0.2, 0.25) is 0 Å². The van der Waals surface area contributed by atoms with Crippen molar-refractivity contribution in [3.63, 3.8) is 0 Å². The van der Waals surface area contributed by atoms with Gasteiger partial charge in [0.15, 0.2) is 5.78 Å². The first kappa shape index (κ1) is 13.1. The maximum absolute atomic E-state index is 11.2. The summed E-state index contributed by atoms with van der Waals surface area (Å²) in [6.45, 7) is 1.57.